The van der Waals surface area contributed by atoms with Crippen molar-refractivity contribution in [2.24, 2.45) is 5.16 Å². The third-order valence-corrected chi connectivity index (χ3v) is 4.43. The Labute approximate surface area is 140 Å². The summed E-state index contributed by atoms with van der Waals surface area (Å²) in [6.07, 6.45) is 0. The maximum Gasteiger partial charge on any atom is 0.118 e. The molecule has 23 heavy (non-hydrogen) atoms. The number of hydrogen-bond donors (Lipinski definition) is 0. The van der Waals surface area contributed by atoms with E-state index in [0.29, 0.717) is 0 Å². The van der Waals surface area contributed by atoms with E-state index in [9.17, 15) is 0 Å². The molecule has 3 aromatic carbocycles. The van der Waals surface area contributed by atoms with Crippen LogP contribution in [0.4, 0.5) is 0 Å². The van der Waals surface area contributed by atoms with Crippen molar-refractivity contribution in [3.8, 4) is 0 Å². The second kappa shape index (κ2) is 7.65. The van der Waals surface area contributed by atoms with Crippen molar-refractivity contribution in [3.05, 3.63) is 96.1 Å². The highest BCUT2D eigenvalue weighted by atomic mass is 32.2. The fraction of sp³-hybridized carbons (Fsp3) is 0.0500. The Hall–Kier alpha value is -2.52. The lowest BCUT2D eigenvalue weighted by atomic mass is 10.0. The van der Waals surface area contributed by atoms with Gasteiger partial charge in [0.25, 0.3) is 0 Å². The van der Waals surface area contributed by atoms with Crippen LogP contribution >= 0.6 is 11.8 Å². The Morgan fingerprint density at radius 3 is 2.09 bits per heavy atom. The van der Waals surface area contributed by atoms with Crippen LogP contribution in [-0.4, -0.2) is 12.8 Å². The van der Waals surface area contributed by atoms with Gasteiger partial charge in [-0.1, -0.05) is 83.6 Å². The Bertz CT molecular complexity index is 785. The molecule has 0 fully saturated rings. The zero-order valence-electron chi connectivity index (χ0n) is 12.8. The Balaban J connectivity index is 2.03. The number of rotatable bonds is 5. The second-order valence-corrected chi connectivity index (χ2v) is 6.02. The lowest BCUT2D eigenvalue weighted by Crippen LogP contribution is -2.05. The molecule has 0 amide bonds. The summed E-state index contributed by atoms with van der Waals surface area (Å²) in [5.74, 6) is 0. The fourth-order valence-corrected chi connectivity index (χ4v) is 3.28. The largest absolute Gasteiger partial charge is 0.399 e. The Morgan fingerprint density at radius 2 is 1.39 bits per heavy atom. The van der Waals surface area contributed by atoms with Gasteiger partial charge in [-0.15, -0.1) is 0 Å². The predicted molar refractivity (Wildman–Crippen MR) is 96.1 cm³/mol. The van der Waals surface area contributed by atoms with Gasteiger partial charge in [0.05, 0.1) is 0 Å². The van der Waals surface area contributed by atoms with Crippen LogP contribution in [-0.2, 0) is 4.84 Å². The van der Waals surface area contributed by atoms with Crippen molar-refractivity contribution < 1.29 is 4.84 Å². The average molecular weight is 319 g/mol. The molecule has 2 nitrogen and oxygen atoms in total. The first-order chi connectivity index (χ1) is 11.4. The molecule has 0 aliphatic heterocycles. The molecule has 0 aliphatic rings. The molecule has 0 N–H and O–H groups in total. The average Bonchev–Trinajstić information content (AvgIpc) is 2.62. The molecule has 0 saturated heterocycles. The van der Waals surface area contributed by atoms with Crippen LogP contribution in [0.3, 0.4) is 0 Å². The molecule has 3 rings (SSSR count). The smallest absolute Gasteiger partial charge is 0.118 e. The molecule has 0 bridgehead atoms. The maximum atomic E-state index is 5.10. The van der Waals surface area contributed by atoms with Crippen molar-refractivity contribution in [1.29, 1.82) is 0 Å². The van der Waals surface area contributed by atoms with E-state index in [2.05, 4.69) is 29.4 Å². The minimum atomic E-state index is 0.840. The summed E-state index contributed by atoms with van der Waals surface area (Å²) in [7, 11) is 1.58. The highest BCUT2D eigenvalue weighted by Gasteiger charge is 2.13. The minimum Gasteiger partial charge on any atom is -0.399 e. The standard InChI is InChI=1S/C20H17NOS/c1-22-21-20(16-10-4-2-5-11-16)18-14-8-9-15-19(18)23-17-12-6-3-7-13-17/h2-15H,1H3/b21-20-. The first-order valence-corrected chi connectivity index (χ1v) is 8.19. The summed E-state index contributed by atoms with van der Waals surface area (Å²) in [4.78, 5) is 7.45. The van der Waals surface area contributed by atoms with E-state index in [0.717, 1.165) is 21.7 Å². The zero-order chi connectivity index (χ0) is 15.9. The molecule has 0 spiro atoms. The van der Waals surface area contributed by atoms with Crippen molar-refractivity contribution in [1.82, 2.24) is 0 Å². The quantitative estimate of drug-likeness (QED) is 0.474. The molecular formula is C20H17NOS. The summed E-state index contributed by atoms with van der Waals surface area (Å²) >= 11 is 1.73. The van der Waals surface area contributed by atoms with E-state index >= 15 is 0 Å². The van der Waals surface area contributed by atoms with E-state index in [4.69, 9.17) is 4.84 Å². The molecule has 0 heterocycles. The van der Waals surface area contributed by atoms with Gasteiger partial charge in [-0.3, -0.25) is 0 Å². The molecule has 0 aliphatic carbocycles. The lowest BCUT2D eigenvalue weighted by molar-refractivity contribution is 0.214. The third-order valence-electron chi connectivity index (χ3n) is 3.34. The Kier molecular flexibility index (Phi) is 5.12. The molecule has 3 aromatic rings. The highest BCUT2D eigenvalue weighted by molar-refractivity contribution is 7.99. The molecule has 0 unspecified atom stereocenters. The predicted octanol–water partition coefficient (Wildman–Crippen LogP) is 5.24. The van der Waals surface area contributed by atoms with Gasteiger partial charge in [-0.25, -0.2) is 0 Å². The van der Waals surface area contributed by atoms with E-state index in [1.165, 1.54) is 4.90 Å². The number of benzene rings is 3. The van der Waals surface area contributed by atoms with Crippen molar-refractivity contribution >= 4 is 17.5 Å². The minimum absolute atomic E-state index is 0.840. The SMILES string of the molecule is CO/N=C(/c1ccccc1)c1ccccc1Sc1ccccc1. The van der Waals surface area contributed by atoms with Crippen LogP contribution in [0, 0.1) is 0 Å². The van der Waals surface area contributed by atoms with Gasteiger partial charge >= 0.3 is 0 Å². The van der Waals surface area contributed by atoms with Crippen LogP contribution in [0.25, 0.3) is 0 Å². The van der Waals surface area contributed by atoms with Gasteiger partial charge in [0.1, 0.15) is 12.8 Å². The Morgan fingerprint density at radius 1 is 0.783 bits per heavy atom. The van der Waals surface area contributed by atoms with Gasteiger partial charge in [0, 0.05) is 20.9 Å². The molecular weight excluding hydrogens is 302 g/mol. The van der Waals surface area contributed by atoms with Gasteiger partial charge in [0.15, 0.2) is 0 Å². The van der Waals surface area contributed by atoms with Gasteiger partial charge in [0.2, 0.25) is 0 Å². The number of nitrogens with zero attached hydrogens (tertiary/aromatic N) is 1. The second-order valence-electron chi connectivity index (χ2n) is 4.90. The van der Waals surface area contributed by atoms with Crippen molar-refractivity contribution in [2.75, 3.05) is 7.11 Å². The summed E-state index contributed by atoms with van der Waals surface area (Å²) in [5, 5.41) is 4.27. The summed E-state index contributed by atoms with van der Waals surface area (Å²) in [5.41, 5.74) is 2.94. The van der Waals surface area contributed by atoms with Crippen LogP contribution in [0.5, 0.6) is 0 Å². The number of oxime groups is 1. The van der Waals surface area contributed by atoms with Crippen LogP contribution in [0.15, 0.2) is 99.9 Å². The molecule has 0 radical (unpaired) electrons. The normalized spacial score (nSPS) is 11.3. The molecule has 3 heteroatoms. The summed E-state index contributed by atoms with van der Waals surface area (Å²) in [6, 6.07) is 28.7. The van der Waals surface area contributed by atoms with Crippen molar-refractivity contribution in [2.45, 2.75) is 9.79 Å². The first kappa shape index (κ1) is 15.4. The highest BCUT2D eigenvalue weighted by Crippen LogP contribution is 2.31. The van der Waals surface area contributed by atoms with Gasteiger partial charge in [-0.2, -0.15) is 0 Å². The van der Waals surface area contributed by atoms with Crippen LogP contribution < -0.4 is 0 Å². The summed E-state index contributed by atoms with van der Waals surface area (Å²) < 4.78 is 0. The van der Waals surface area contributed by atoms with E-state index < -0.39 is 0 Å². The first-order valence-electron chi connectivity index (χ1n) is 7.37. The van der Waals surface area contributed by atoms with Crippen LogP contribution in [0.1, 0.15) is 11.1 Å². The third kappa shape index (κ3) is 3.82. The van der Waals surface area contributed by atoms with E-state index in [-0.39, 0.29) is 0 Å². The summed E-state index contributed by atoms with van der Waals surface area (Å²) in [6.45, 7) is 0. The maximum absolute atomic E-state index is 5.10. The lowest BCUT2D eigenvalue weighted by Gasteiger charge is -2.11. The van der Waals surface area contributed by atoms with E-state index in [1.54, 1.807) is 18.9 Å². The molecule has 0 aromatic heterocycles. The van der Waals surface area contributed by atoms with Crippen molar-refractivity contribution in [3.63, 3.8) is 0 Å². The molecule has 0 saturated carbocycles. The van der Waals surface area contributed by atoms with Gasteiger partial charge < -0.3 is 4.84 Å². The fourth-order valence-electron chi connectivity index (χ4n) is 2.31. The zero-order valence-corrected chi connectivity index (χ0v) is 13.7. The topological polar surface area (TPSA) is 21.6 Å². The van der Waals surface area contributed by atoms with Crippen LogP contribution in [0.2, 0.25) is 0 Å². The molecule has 0 atom stereocenters. The monoisotopic (exact) mass is 319 g/mol. The number of hydrogen-bond acceptors (Lipinski definition) is 3. The van der Waals surface area contributed by atoms with E-state index in [1.807, 2.05) is 60.7 Å². The molecule has 114 valence electrons. The van der Waals surface area contributed by atoms with Gasteiger partial charge in [-0.05, 0) is 18.2 Å².